The van der Waals surface area contributed by atoms with E-state index >= 15 is 0 Å². The minimum Gasteiger partial charge on any atom is -0.372 e. The maximum Gasteiger partial charge on any atom is 0.0372 e. The van der Waals surface area contributed by atoms with E-state index in [4.69, 9.17) is 0 Å². The van der Waals surface area contributed by atoms with Crippen molar-refractivity contribution in [2.75, 3.05) is 18.0 Å². The van der Waals surface area contributed by atoms with Gasteiger partial charge in [-0.25, -0.2) is 0 Å². The molecular formula is C23H25N. The number of fused-ring (bicyclic) bond motifs is 4. The Bertz CT molecular complexity index is 850. The normalized spacial score (nSPS) is 20.2. The smallest absolute Gasteiger partial charge is 0.0372 e. The Balaban J connectivity index is 1.59. The zero-order chi connectivity index (χ0) is 15.9. The molecule has 0 bridgehead atoms. The van der Waals surface area contributed by atoms with Crippen molar-refractivity contribution in [1.82, 2.24) is 0 Å². The number of allylic oxidation sites excluding steroid dienone is 4. The van der Waals surface area contributed by atoms with Crippen molar-refractivity contribution in [1.29, 1.82) is 0 Å². The number of nitrogens with zero attached hydrogens (tertiary/aromatic N) is 1. The lowest BCUT2D eigenvalue weighted by molar-refractivity contribution is 0.578. The van der Waals surface area contributed by atoms with Crippen LogP contribution in [0.1, 0.15) is 49.7 Å². The Morgan fingerprint density at radius 2 is 1.75 bits per heavy atom. The molecule has 0 amide bonds. The second-order valence-electron chi connectivity index (χ2n) is 7.50. The van der Waals surface area contributed by atoms with Crippen LogP contribution >= 0.6 is 0 Å². The van der Waals surface area contributed by atoms with Gasteiger partial charge in [0.05, 0.1) is 0 Å². The van der Waals surface area contributed by atoms with Crippen LogP contribution in [0.25, 0.3) is 16.3 Å². The summed E-state index contributed by atoms with van der Waals surface area (Å²) in [7, 11) is 0. The highest BCUT2D eigenvalue weighted by Crippen LogP contribution is 2.40. The fourth-order valence-electron chi connectivity index (χ4n) is 4.78. The largest absolute Gasteiger partial charge is 0.372 e. The Morgan fingerprint density at radius 3 is 2.67 bits per heavy atom. The second kappa shape index (κ2) is 5.81. The highest BCUT2D eigenvalue weighted by atomic mass is 15.1. The van der Waals surface area contributed by atoms with Gasteiger partial charge in [0.2, 0.25) is 0 Å². The van der Waals surface area contributed by atoms with Crippen LogP contribution in [-0.4, -0.2) is 13.1 Å². The second-order valence-corrected chi connectivity index (χ2v) is 7.50. The summed E-state index contributed by atoms with van der Waals surface area (Å²) in [6, 6.07) is 11.9. The first-order chi connectivity index (χ1) is 11.9. The van der Waals surface area contributed by atoms with Gasteiger partial charge in [-0.2, -0.15) is 0 Å². The number of benzene rings is 2. The van der Waals surface area contributed by atoms with E-state index in [1.807, 2.05) is 0 Å². The van der Waals surface area contributed by atoms with Crippen molar-refractivity contribution in [3.8, 4) is 0 Å². The van der Waals surface area contributed by atoms with Crippen LogP contribution in [0.5, 0.6) is 0 Å². The fourth-order valence-corrected chi connectivity index (χ4v) is 4.78. The van der Waals surface area contributed by atoms with Gasteiger partial charge < -0.3 is 4.90 Å². The number of anilines is 1. The van der Waals surface area contributed by atoms with Crippen molar-refractivity contribution in [3.63, 3.8) is 0 Å². The third-order valence-corrected chi connectivity index (χ3v) is 6.08. The van der Waals surface area contributed by atoms with Crippen LogP contribution in [0.4, 0.5) is 5.69 Å². The molecule has 1 aliphatic heterocycles. The molecule has 24 heavy (non-hydrogen) atoms. The summed E-state index contributed by atoms with van der Waals surface area (Å²) in [5, 5.41) is 2.89. The van der Waals surface area contributed by atoms with E-state index in [0.717, 1.165) is 0 Å². The summed E-state index contributed by atoms with van der Waals surface area (Å²) >= 11 is 0. The van der Waals surface area contributed by atoms with Crippen LogP contribution in [0, 0.1) is 0 Å². The summed E-state index contributed by atoms with van der Waals surface area (Å²) < 4.78 is 0. The number of piperidine rings is 1. The van der Waals surface area contributed by atoms with Gasteiger partial charge in [-0.3, -0.25) is 0 Å². The third-order valence-electron chi connectivity index (χ3n) is 6.08. The van der Waals surface area contributed by atoms with Crippen LogP contribution < -0.4 is 4.90 Å². The summed E-state index contributed by atoms with van der Waals surface area (Å²) in [5.41, 5.74) is 7.67. The minimum atomic E-state index is 1.21. The number of hydrogen-bond acceptors (Lipinski definition) is 1. The zero-order valence-corrected chi connectivity index (χ0v) is 14.4. The van der Waals surface area contributed by atoms with E-state index in [2.05, 4.69) is 47.4 Å². The van der Waals surface area contributed by atoms with E-state index in [0.29, 0.717) is 0 Å². The Kier molecular flexibility index (Phi) is 3.47. The van der Waals surface area contributed by atoms with Crippen LogP contribution in [0.15, 0.2) is 48.1 Å². The molecule has 3 aliphatic rings. The van der Waals surface area contributed by atoms with E-state index in [1.54, 1.807) is 11.1 Å². The lowest BCUT2D eigenvalue weighted by atomic mass is 9.79. The van der Waals surface area contributed by atoms with Gasteiger partial charge in [-0.15, -0.1) is 0 Å². The average Bonchev–Trinajstić information content (AvgIpc) is 2.67. The standard InChI is InChI=1S/C23H25N/c1-4-14-24(15-5-1)19-10-13-21-18(16-19)9-12-22-20-7-3-2-6-17(20)8-11-23(21)22/h3,7,9-10,12-13,16H,1-2,4-6,8,11,14-15H2. The molecule has 2 aromatic carbocycles. The quantitative estimate of drug-likeness (QED) is 0.635. The molecular weight excluding hydrogens is 290 g/mol. The molecule has 0 saturated carbocycles. The monoisotopic (exact) mass is 315 g/mol. The minimum absolute atomic E-state index is 1.21. The van der Waals surface area contributed by atoms with E-state index < -0.39 is 0 Å². The Morgan fingerprint density at radius 1 is 0.833 bits per heavy atom. The fraction of sp³-hybridized carbons (Fsp3) is 0.391. The molecule has 1 saturated heterocycles. The molecule has 1 nitrogen and oxygen atoms in total. The van der Waals surface area contributed by atoms with E-state index in [9.17, 15) is 0 Å². The predicted molar refractivity (Wildman–Crippen MR) is 104 cm³/mol. The highest BCUT2D eigenvalue weighted by Gasteiger charge is 2.21. The maximum absolute atomic E-state index is 2.56. The molecule has 0 atom stereocenters. The molecule has 0 spiro atoms. The molecule has 122 valence electrons. The molecule has 0 aromatic heterocycles. The molecule has 0 unspecified atom stereocenters. The molecule has 2 aliphatic carbocycles. The lowest BCUT2D eigenvalue weighted by Crippen LogP contribution is -2.29. The lowest BCUT2D eigenvalue weighted by Gasteiger charge is -2.29. The molecule has 5 rings (SSSR count). The third kappa shape index (κ3) is 2.30. The molecule has 2 aromatic rings. The first kappa shape index (κ1) is 14.3. The van der Waals surface area contributed by atoms with Gasteiger partial charge in [0.25, 0.3) is 0 Å². The van der Waals surface area contributed by atoms with Crippen molar-refractivity contribution in [3.05, 3.63) is 59.2 Å². The van der Waals surface area contributed by atoms with Crippen molar-refractivity contribution >= 4 is 22.0 Å². The SMILES string of the molecule is C1=CC2=C(CC1)CCc1c2ccc2cc(N3CCCCC3)ccc12. The number of rotatable bonds is 1. The van der Waals surface area contributed by atoms with Gasteiger partial charge in [-0.1, -0.05) is 35.9 Å². The first-order valence-electron chi connectivity index (χ1n) is 9.60. The summed E-state index contributed by atoms with van der Waals surface area (Å²) in [6.07, 6.45) is 13.7. The van der Waals surface area contributed by atoms with E-state index in [-0.39, 0.29) is 0 Å². The summed E-state index contributed by atoms with van der Waals surface area (Å²) in [4.78, 5) is 2.56. The van der Waals surface area contributed by atoms with Crippen LogP contribution in [0.3, 0.4) is 0 Å². The van der Waals surface area contributed by atoms with Gasteiger partial charge in [-0.05, 0) is 84.6 Å². The highest BCUT2D eigenvalue weighted by molar-refractivity contribution is 5.95. The zero-order valence-electron chi connectivity index (χ0n) is 14.4. The van der Waals surface area contributed by atoms with Gasteiger partial charge in [0.15, 0.2) is 0 Å². The van der Waals surface area contributed by atoms with Gasteiger partial charge >= 0.3 is 0 Å². The summed E-state index contributed by atoms with van der Waals surface area (Å²) in [5.74, 6) is 0. The predicted octanol–water partition coefficient (Wildman–Crippen LogP) is 5.88. The molecule has 1 fully saturated rings. The molecule has 0 radical (unpaired) electrons. The Hall–Kier alpha value is -2.02. The molecule has 1 heteroatoms. The van der Waals surface area contributed by atoms with Crippen molar-refractivity contribution < 1.29 is 0 Å². The van der Waals surface area contributed by atoms with Crippen LogP contribution in [0.2, 0.25) is 0 Å². The maximum atomic E-state index is 2.56. The summed E-state index contributed by atoms with van der Waals surface area (Å²) in [6.45, 7) is 2.44. The van der Waals surface area contributed by atoms with E-state index in [1.165, 1.54) is 85.6 Å². The Labute approximate surface area is 144 Å². The van der Waals surface area contributed by atoms with Crippen molar-refractivity contribution in [2.45, 2.75) is 44.9 Å². The van der Waals surface area contributed by atoms with Gasteiger partial charge in [0, 0.05) is 18.8 Å². The van der Waals surface area contributed by atoms with Gasteiger partial charge in [0.1, 0.15) is 0 Å². The molecule has 0 N–H and O–H groups in total. The van der Waals surface area contributed by atoms with Crippen LogP contribution in [-0.2, 0) is 6.42 Å². The first-order valence-corrected chi connectivity index (χ1v) is 9.60. The number of hydrogen-bond donors (Lipinski definition) is 0. The molecule has 1 heterocycles. The topological polar surface area (TPSA) is 3.24 Å². The number of aryl methyl sites for hydroxylation is 1. The average molecular weight is 315 g/mol. The van der Waals surface area contributed by atoms with Crippen molar-refractivity contribution in [2.24, 2.45) is 0 Å².